The van der Waals surface area contributed by atoms with Crippen molar-refractivity contribution in [1.29, 1.82) is 0 Å². The number of hydrogen-bond acceptors (Lipinski definition) is 3. The van der Waals surface area contributed by atoms with Crippen molar-refractivity contribution in [2.24, 2.45) is 0 Å². The van der Waals surface area contributed by atoms with E-state index in [-0.39, 0.29) is 5.91 Å². The van der Waals surface area contributed by atoms with E-state index in [2.05, 4.69) is 41.1 Å². The van der Waals surface area contributed by atoms with E-state index in [1.165, 1.54) is 11.3 Å². The van der Waals surface area contributed by atoms with E-state index in [0.717, 1.165) is 38.0 Å². The topological polar surface area (TPSA) is 36.4 Å². The maximum Gasteiger partial charge on any atom is 0.272 e. The van der Waals surface area contributed by atoms with Crippen LogP contribution in [-0.4, -0.2) is 34.9 Å². The molecular weight excluding hydrogens is 286 g/mol. The van der Waals surface area contributed by atoms with Gasteiger partial charge in [0.25, 0.3) is 5.91 Å². The molecule has 0 bridgehead atoms. The summed E-state index contributed by atoms with van der Waals surface area (Å²) < 4.78 is 0. The van der Waals surface area contributed by atoms with Gasteiger partial charge in [-0.1, -0.05) is 18.2 Å². The van der Waals surface area contributed by atoms with Gasteiger partial charge in [0.15, 0.2) is 0 Å². The zero-order chi connectivity index (χ0) is 15.8. The summed E-state index contributed by atoms with van der Waals surface area (Å²) in [7, 11) is 0. The first-order valence-electron chi connectivity index (χ1n) is 8.36. The zero-order valence-corrected chi connectivity index (χ0v) is 13.4. The molecule has 4 heteroatoms. The first-order chi connectivity index (χ1) is 11.2. The van der Waals surface area contributed by atoms with Crippen molar-refractivity contribution in [2.75, 3.05) is 18.0 Å². The summed E-state index contributed by atoms with van der Waals surface area (Å²) in [6.07, 6.45) is 5.09. The number of carbonyl (C=O) groups excluding carboxylic acids is 1. The van der Waals surface area contributed by atoms with E-state index in [4.69, 9.17) is 0 Å². The quantitative estimate of drug-likeness (QED) is 0.853. The molecule has 1 atom stereocenters. The minimum absolute atomic E-state index is 0.0592. The smallest absolute Gasteiger partial charge is 0.272 e. The molecule has 2 aliphatic rings. The predicted octanol–water partition coefficient (Wildman–Crippen LogP) is 3.40. The highest BCUT2D eigenvalue weighted by molar-refractivity contribution is 5.92. The van der Waals surface area contributed by atoms with Crippen LogP contribution in [0.3, 0.4) is 0 Å². The third-order valence-corrected chi connectivity index (χ3v) is 4.85. The molecule has 2 aliphatic heterocycles. The molecule has 0 radical (unpaired) electrons. The standard InChI is InChI=1S/C19H21N3O/c1-14-12-15-6-2-3-7-18(15)22(14)16-8-9-17(20-13-16)19(23)21-10-4-5-11-21/h2-3,6-9,13-14H,4-5,10-12H2,1H3. The molecule has 1 saturated heterocycles. The monoisotopic (exact) mass is 307 g/mol. The Kier molecular flexibility index (Phi) is 3.52. The number of aromatic nitrogens is 1. The van der Waals surface area contributed by atoms with E-state index in [1.807, 2.05) is 23.2 Å². The van der Waals surface area contributed by atoms with Gasteiger partial charge < -0.3 is 9.80 Å². The van der Waals surface area contributed by atoms with Crippen molar-refractivity contribution >= 4 is 17.3 Å². The van der Waals surface area contributed by atoms with Gasteiger partial charge in [-0.2, -0.15) is 0 Å². The number of pyridine rings is 1. The number of para-hydroxylation sites is 1. The van der Waals surface area contributed by atoms with Gasteiger partial charge >= 0.3 is 0 Å². The van der Waals surface area contributed by atoms with Crippen LogP contribution in [0.25, 0.3) is 0 Å². The Bertz CT molecular complexity index is 720. The number of amides is 1. The van der Waals surface area contributed by atoms with Gasteiger partial charge in [0.05, 0.1) is 11.9 Å². The number of fused-ring (bicyclic) bond motifs is 1. The molecular formula is C19H21N3O. The summed E-state index contributed by atoms with van der Waals surface area (Å²) in [6.45, 7) is 3.95. The first-order valence-corrected chi connectivity index (χ1v) is 8.36. The van der Waals surface area contributed by atoms with Crippen molar-refractivity contribution in [3.8, 4) is 0 Å². The van der Waals surface area contributed by atoms with Crippen LogP contribution in [0.5, 0.6) is 0 Å². The largest absolute Gasteiger partial charge is 0.337 e. The van der Waals surface area contributed by atoms with Gasteiger partial charge in [-0.15, -0.1) is 0 Å². The van der Waals surface area contributed by atoms with Crippen molar-refractivity contribution in [3.63, 3.8) is 0 Å². The fourth-order valence-corrected chi connectivity index (χ4v) is 3.70. The van der Waals surface area contributed by atoms with Crippen molar-refractivity contribution < 1.29 is 4.79 Å². The predicted molar refractivity (Wildman–Crippen MR) is 91.1 cm³/mol. The third-order valence-electron chi connectivity index (χ3n) is 4.85. The molecule has 1 fully saturated rings. The van der Waals surface area contributed by atoms with Crippen LogP contribution < -0.4 is 4.90 Å². The molecule has 1 aromatic carbocycles. The van der Waals surface area contributed by atoms with Gasteiger partial charge in [0.1, 0.15) is 5.69 Å². The van der Waals surface area contributed by atoms with Crippen LogP contribution in [0.2, 0.25) is 0 Å². The minimum atomic E-state index is 0.0592. The van der Waals surface area contributed by atoms with E-state index < -0.39 is 0 Å². The summed E-state index contributed by atoms with van der Waals surface area (Å²) >= 11 is 0. The van der Waals surface area contributed by atoms with Gasteiger partial charge in [0.2, 0.25) is 0 Å². The molecule has 2 aromatic rings. The van der Waals surface area contributed by atoms with Gasteiger partial charge in [0, 0.05) is 24.8 Å². The van der Waals surface area contributed by atoms with Crippen molar-refractivity contribution in [1.82, 2.24) is 9.88 Å². The lowest BCUT2D eigenvalue weighted by molar-refractivity contribution is 0.0787. The molecule has 0 aliphatic carbocycles. The molecule has 1 aromatic heterocycles. The van der Waals surface area contributed by atoms with Crippen LogP contribution in [0.15, 0.2) is 42.6 Å². The van der Waals surface area contributed by atoms with Gasteiger partial charge in [-0.05, 0) is 49.9 Å². The SMILES string of the molecule is CC1Cc2ccccc2N1c1ccc(C(=O)N2CCCC2)nc1. The molecule has 0 saturated carbocycles. The minimum Gasteiger partial charge on any atom is -0.337 e. The molecule has 4 rings (SSSR count). The number of likely N-dealkylation sites (tertiary alicyclic amines) is 1. The van der Waals surface area contributed by atoms with Gasteiger partial charge in [-0.3, -0.25) is 4.79 Å². The van der Waals surface area contributed by atoms with Crippen LogP contribution >= 0.6 is 0 Å². The van der Waals surface area contributed by atoms with E-state index >= 15 is 0 Å². The second-order valence-electron chi connectivity index (χ2n) is 6.45. The van der Waals surface area contributed by atoms with Crippen LogP contribution in [0.4, 0.5) is 11.4 Å². The highest BCUT2D eigenvalue weighted by Gasteiger charge is 2.27. The van der Waals surface area contributed by atoms with Crippen LogP contribution in [0, 0.1) is 0 Å². The fourth-order valence-electron chi connectivity index (χ4n) is 3.70. The lowest BCUT2D eigenvalue weighted by Gasteiger charge is -2.25. The molecule has 3 heterocycles. The Hall–Kier alpha value is -2.36. The molecule has 23 heavy (non-hydrogen) atoms. The average Bonchev–Trinajstić information content (AvgIpc) is 3.21. The van der Waals surface area contributed by atoms with Gasteiger partial charge in [-0.25, -0.2) is 4.98 Å². The Balaban J connectivity index is 1.60. The maximum atomic E-state index is 12.4. The van der Waals surface area contributed by atoms with Crippen molar-refractivity contribution in [3.05, 3.63) is 53.9 Å². The number of benzene rings is 1. The molecule has 4 nitrogen and oxygen atoms in total. The Morgan fingerprint density at radius 1 is 1.13 bits per heavy atom. The lowest BCUT2D eigenvalue weighted by atomic mass is 10.1. The first kappa shape index (κ1) is 14.2. The highest BCUT2D eigenvalue weighted by atomic mass is 16.2. The Morgan fingerprint density at radius 2 is 1.91 bits per heavy atom. The lowest BCUT2D eigenvalue weighted by Crippen LogP contribution is -2.28. The number of rotatable bonds is 2. The molecule has 0 N–H and O–H groups in total. The van der Waals surface area contributed by atoms with Crippen molar-refractivity contribution in [2.45, 2.75) is 32.2 Å². The average molecular weight is 307 g/mol. The van der Waals surface area contributed by atoms with Crippen LogP contribution in [0.1, 0.15) is 35.8 Å². The second kappa shape index (κ2) is 5.69. The van der Waals surface area contributed by atoms with E-state index in [0.29, 0.717) is 11.7 Å². The number of anilines is 2. The van der Waals surface area contributed by atoms with E-state index in [1.54, 1.807) is 0 Å². The molecule has 0 spiro atoms. The number of nitrogens with zero attached hydrogens (tertiary/aromatic N) is 3. The molecule has 1 unspecified atom stereocenters. The zero-order valence-electron chi connectivity index (χ0n) is 13.4. The molecule has 1 amide bonds. The Labute approximate surface area is 136 Å². The molecule has 118 valence electrons. The summed E-state index contributed by atoms with van der Waals surface area (Å²) in [5.41, 5.74) is 4.23. The maximum absolute atomic E-state index is 12.4. The summed E-state index contributed by atoms with van der Waals surface area (Å²) in [6, 6.07) is 12.8. The van der Waals surface area contributed by atoms with Crippen LogP contribution in [-0.2, 0) is 6.42 Å². The highest BCUT2D eigenvalue weighted by Crippen LogP contribution is 2.37. The Morgan fingerprint density at radius 3 is 2.65 bits per heavy atom. The summed E-state index contributed by atoms with van der Waals surface area (Å²) in [5, 5.41) is 0. The summed E-state index contributed by atoms with van der Waals surface area (Å²) in [4.78, 5) is 21.0. The third kappa shape index (κ3) is 2.48. The summed E-state index contributed by atoms with van der Waals surface area (Å²) in [5.74, 6) is 0.0592. The second-order valence-corrected chi connectivity index (χ2v) is 6.45. The number of carbonyl (C=O) groups is 1. The van der Waals surface area contributed by atoms with E-state index in [9.17, 15) is 4.79 Å². The normalized spacial score (nSPS) is 20.0. The number of hydrogen-bond donors (Lipinski definition) is 0. The fraction of sp³-hybridized carbons (Fsp3) is 0.368.